The van der Waals surface area contributed by atoms with Gasteiger partial charge in [0.1, 0.15) is 5.60 Å². The number of methoxy groups -OCH3 is 1. The maximum atomic E-state index is 12.5. The van der Waals surface area contributed by atoms with Crippen LogP contribution in [0.4, 0.5) is 0 Å². The van der Waals surface area contributed by atoms with E-state index in [9.17, 15) is 14.7 Å². The normalized spacial score (nSPS) is 26.8. The van der Waals surface area contributed by atoms with Gasteiger partial charge in [-0.1, -0.05) is 13.8 Å². The third kappa shape index (κ3) is 2.91. The molecular formula is C14H25NO4. The molecule has 110 valence electrons. The summed E-state index contributed by atoms with van der Waals surface area (Å²) in [5, 5.41) is 9.44. The van der Waals surface area contributed by atoms with Gasteiger partial charge < -0.3 is 14.7 Å². The van der Waals surface area contributed by atoms with Crippen LogP contribution in [-0.4, -0.2) is 47.7 Å². The van der Waals surface area contributed by atoms with Crippen molar-refractivity contribution in [3.8, 4) is 0 Å². The Kier molecular flexibility index (Phi) is 4.96. The molecule has 2 unspecified atom stereocenters. The van der Waals surface area contributed by atoms with E-state index in [1.54, 1.807) is 11.8 Å². The molecule has 1 amide bonds. The highest BCUT2D eigenvalue weighted by Gasteiger charge is 2.45. The van der Waals surface area contributed by atoms with Crippen molar-refractivity contribution in [1.29, 1.82) is 0 Å². The molecule has 1 saturated heterocycles. The monoisotopic (exact) mass is 271 g/mol. The predicted molar refractivity (Wildman–Crippen MR) is 71.9 cm³/mol. The van der Waals surface area contributed by atoms with Crippen molar-refractivity contribution in [2.75, 3.05) is 20.2 Å². The molecule has 0 radical (unpaired) electrons. The Labute approximate surface area is 114 Å². The van der Waals surface area contributed by atoms with Crippen molar-refractivity contribution in [1.82, 2.24) is 4.90 Å². The van der Waals surface area contributed by atoms with Crippen molar-refractivity contribution in [3.63, 3.8) is 0 Å². The fourth-order valence-corrected chi connectivity index (χ4v) is 2.64. The Morgan fingerprint density at radius 2 is 2.05 bits per heavy atom. The van der Waals surface area contributed by atoms with E-state index in [0.29, 0.717) is 25.8 Å². The molecule has 1 aliphatic heterocycles. The molecule has 1 aliphatic rings. The van der Waals surface area contributed by atoms with Crippen LogP contribution in [0.2, 0.25) is 0 Å². The average Bonchev–Trinajstić information content (AvgIpc) is 2.45. The van der Waals surface area contributed by atoms with E-state index in [1.807, 2.05) is 13.8 Å². The highest BCUT2D eigenvalue weighted by Crippen LogP contribution is 2.35. The minimum Gasteiger partial charge on any atom is -0.481 e. The van der Waals surface area contributed by atoms with Gasteiger partial charge in [0.15, 0.2) is 0 Å². The van der Waals surface area contributed by atoms with Crippen LogP contribution in [0.25, 0.3) is 0 Å². The summed E-state index contributed by atoms with van der Waals surface area (Å²) in [5.74, 6) is -0.903. The first-order valence-corrected chi connectivity index (χ1v) is 6.93. The Balaban J connectivity index is 2.91. The molecule has 1 rings (SSSR count). The van der Waals surface area contributed by atoms with Gasteiger partial charge >= 0.3 is 5.97 Å². The molecule has 19 heavy (non-hydrogen) atoms. The van der Waals surface area contributed by atoms with E-state index in [0.717, 1.165) is 6.42 Å². The molecule has 1 N–H and O–H groups in total. The number of likely N-dealkylation sites (tertiary alicyclic amines) is 1. The van der Waals surface area contributed by atoms with Gasteiger partial charge in [0, 0.05) is 20.2 Å². The lowest BCUT2D eigenvalue weighted by molar-refractivity contribution is -0.163. The van der Waals surface area contributed by atoms with Gasteiger partial charge in [0.25, 0.3) is 5.91 Å². The van der Waals surface area contributed by atoms with Crippen LogP contribution < -0.4 is 0 Å². The fourth-order valence-electron chi connectivity index (χ4n) is 2.64. The van der Waals surface area contributed by atoms with E-state index < -0.39 is 17.0 Å². The van der Waals surface area contributed by atoms with Crippen LogP contribution in [0.5, 0.6) is 0 Å². The van der Waals surface area contributed by atoms with E-state index >= 15 is 0 Å². The van der Waals surface area contributed by atoms with Gasteiger partial charge in [-0.3, -0.25) is 9.59 Å². The van der Waals surface area contributed by atoms with Gasteiger partial charge in [-0.05, 0) is 32.6 Å². The molecule has 0 aromatic rings. The summed E-state index contributed by atoms with van der Waals surface area (Å²) >= 11 is 0. The molecule has 0 aromatic carbocycles. The zero-order chi connectivity index (χ0) is 14.7. The summed E-state index contributed by atoms with van der Waals surface area (Å²) in [7, 11) is 1.52. The second-order valence-electron chi connectivity index (χ2n) is 5.56. The number of carboxylic acid groups (broad SMARTS) is 1. The minimum absolute atomic E-state index is 0.101. The minimum atomic E-state index is -0.852. The van der Waals surface area contributed by atoms with Gasteiger partial charge in [-0.25, -0.2) is 0 Å². The molecule has 0 aromatic heterocycles. The SMILES string of the molecule is CCC1(C(=O)O)CCCN(C(=O)C(C)(CC)OC)C1. The van der Waals surface area contributed by atoms with Crippen molar-refractivity contribution in [3.05, 3.63) is 0 Å². The quantitative estimate of drug-likeness (QED) is 0.829. The van der Waals surface area contributed by atoms with Crippen molar-refractivity contribution < 1.29 is 19.4 Å². The Bertz CT molecular complexity index is 351. The summed E-state index contributed by atoms with van der Waals surface area (Å²) in [5.41, 5.74) is -1.65. The Hall–Kier alpha value is -1.10. The number of carboxylic acids is 1. The topological polar surface area (TPSA) is 66.8 Å². The van der Waals surface area contributed by atoms with E-state index in [2.05, 4.69) is 0 Å². The lowest BCUT2D eigenvalue weighted by Gasteiger charge is -2.42. The number of hydrogen-bond acceptors (Lipinski definition) is 3. The van der Waals surface area contributed by atoms with Crippen molar-refractivity contribution in [2.24, 2.45) is 5.41 Å². The molecule has 5 heteroatoms. The summed E-state index contributed by atoms with van der Waals surface area (Å²) in [6.07, 6.45) is 2.49. The molecule has 0 bridgehead atoms. The maximum absolute atomic E-state index is 12.5. The predicted octanol–water partition coefficient (Wildman–Crippen LogP) is 1.90. The van der Waals surface area contributed by atoms with Crippen LogP contribution >= 0.6 is 0 Å². The molecule has 1 fully saturated rings. The Morgan fingerprint density at radius 1 is 1.42 bits per heavy atom. The molecule has 0 spiro atoms. The van der Waals surface area contributed by atoms with Gasteiger partial charge in [-0.2, -0.15) is 0 Å². The first-order chi connectivity index (χ1) is 8.85. The maximum Gasteiger partial charge on any atom is 0.311 e. The van der Waals surface area contributed by atoms with Crippen molar-refractivity contribution in [2.45, 2.75) is 52.1 Å². The number of ether oxygens (including phenoxy) is 1. The van der Waals surface area contributed by atoms with Crippen LogP contribution in [0.3, 0.4) is 0 Å². The molecule has 2 atom stereocenters. The number of amides is 1. The van der Waals surface area contributed by atoms with Crippen LogP contribution in [0.15, 0.2) is 0 Å². The second kappa shape index (κ2) is 5.90. The standard InChI is InChI=1S/C14H25NO4/c1-5-13(3,19-4)11(16)15-9-7-8-14(6-2,10-15)12(17)18/h5-10H2,1-4H3,(H,17,18). The zero-order valence-corrected chi connectivity index (χ0v) is 12.4. The van der Waals surface area contributed by atoms with E-state index in [4.69, 9.17) is 4.74 Å². The molecular weight excluding hydrogens is 246 g/mol. The number of carbonyl (C=O) groups excluding carboxylic acids is 1. The summed E-state index contributed by atoms with van der Waals surface area (Å²) in [6, 6.07) is 0. The molecule has 0 saturated carbocycles. The number of rotatable bonds is 5. The largest absolute Gasteiger partial charge is 0.481 e. The number of carbonyl (C=O) groups is 2. The van der Waals surface area contributed by atoms with E-state index in [-0.39, 0.29) is 12.5 Å². The van der Waals surface area contributed by atoms with E-state index in [1.165, 1.54) is 7.11 Å². The first kappa shape index (κ1) is 16.0. The van der Waals surface area contributed by atoms with Crippen LogP contribution in [0.1, 0.15) is 46.5 Å². The molecule has 0 aliphatic carbocycles. The molecule has 5 nitrogen and oxygen atoms in total. The average molecular weight is 271 g/mol. The number of hydrogen-bond donors (Lipinski definition) is 1. The van der Waals surface area contributed by atoms with Crippen LogP contribution in [-0.2, 0) is 14.3 Å². The zero-order valence-electron chi connectivity index (χ0n) is 12.4. The number of nitrogens with zero attached hydrogens (tertiary/aromatic N) is 1. The smallest absolute Gasteiger partial charge is 0.311 e. The van der Waals surface area contributed by atoms with Crippen LogP contribution in [0, 0.1) is 5.41 Å². The lowest BCUT2D eigenvalue weighted by atomic mass is 9.77. The summed E-state index contributed by atoms with van der Waals surface area (Å²) in [6.45, 7) is 6.44. The van der Waals surface area contributed by atoms with Gasteiger partial charge in [0.2, 0.25) is 0 Å². The number of aliphatic carboxylic acids is 1. The van der Waals surface area contributed by atoms with Crippen molar-refractivity contribution >= 4 is 11.9 Å². The highest BCUT2D eigenvalue weighted by molar-refractivity contribution is 5.86. The fraction of sp³-hybridized carbons (Fsp3) is 0.857. The summed E-state index contributed by atoms with van der Waals surface area (Å²) < 4.78 is 5.33. The second-order valence-corrected chi connectivity index (χ2v) is 5.56. The molecule has 1 heterocycles. The lowest BCUT2D eigenvalue weighted by Crippen LogP contribution is -2.55. The summed E-state index contributed by atoms with van der Waals surface area (Å²) in [4.78, 5) is 25.7. The Morgan fingerprint density at radius 3 is 2.47 bits per heavy atom. The highest BCUT2D eigenvalue weighted by atomic mass is 16.5. The number of piperidine rings is 1. The van der Waals surface area contributed by atoms with Gasteiger partial charge in [-0.15, -0.1) is 0 Å². The third-order valence-corrected chi connectivity index (χ3v) is 4.57. The van der Waals surface area contributed by atoms with Gasteiger partial charge in [0.05, 0.1) is 5.41 Å². The first-order valence-electron chi connectivity index (χ1n) is 6.93. The third-order valence-electron chi connectivity index (χ3n) is 4.57.